The maximum Gasteiger partial charge on any atom is 0.408 e. The second-order valence-electron chi connectivity index (χ2n) is 9.74. The van der Waals surface area contributed by atoms with Crippen LogP contribution in [0.15, 0.2) is 64.0 Å². The van der Waals surface area contributed by atoms with Gasteiger partial charge in [0.25, 0.3) is 0 Å². The lowest BCUT2D eigenvalue weighted by atomic mass is 10.0. The van der Waals surface area contributed by atoms with Crippen LogP contribution in [0.3, 0.4) is 0 Å². The van der Waals surface area contributed by atoms with Gasteiger partial charge in [-0.3, -0.25) is 4.79 Å². The minimum atomic E-state index is -0.626. The zero-order valence-corrected chi connectivity index (χ0v) is 22.5. The van der Waals surface area contributed by atoms with Crippen LogP contribution in [0.25, 0.3) is 0 Å². The average Bonchev–Trinajstić information content (AvgIpc) is 3.51. The SMILES string of the molecule is CC(C)(C)OC(=O)N[C@@H](CCCCCc1ccccc1)C(=O)N(Cc1ccsc1)Cc1ccsc1. The Hall–Kier alpha value is -2.64. The summed E-state index contributed by atoms with van der Waals surface area (Å²) in [5.74, 6) is -0.0729. The molecular weight excluding hydrogens is 476 g/mol. The molecule has 2 amide bonds. The molecular formula is C28H36N2O3S2. The number of alkyl carbamates (subject to hydrolysis) is 1. The smallest absolute Gasteiger partial charge is 0.408 e. The molecule has 2 aromatic heterocycles. The van der Waals surface area contributed by atoms with Gasteiger partial charge in [-0.15, -0.1) is 0 Å². The maximum absolute atomic E-state index is 13.7. The minimum absolute atomic E-state index is 0.0729. The first-order valence-electron chi connectivity index (χ1n) is 12.1. The predicted molar refractivity (Wildman–Crippen MR) is 145 cm³/mol. The van der Waals surface area contributed by atoms with Crippen LogP contribution in [-0.4, -0.2) is 28.5 Å². The normalized spacial score (nSPS) is 12.2. The monoisotopic (exact) mass is 512 g/mol. The van der Waals surface area contributed by atoms with Crippen molar-refractivity contribution in [3.63, 3.8) is 0 Å². The van der Waals surface area contributed by atoms with Crippen LogP contribution in [0.5, 0.6) is 0 Å². The van der Waals surface area contributed by atoms with E-state index in [1.165, 1.54) is 5.56 Å². The Labute approximate surface area is 217 Å². The van der Waals surface area contributed by atoms with Gasteiger partial charge < -0.3 is 15.0 Å². The lowest BCUT2D eigenvalue weighted by Gasteiger charge is -2.29. The van der Waals surface area contributed by atoms with E-state index in [2.05, 4.69) is 40.3 Å². The number of carbonyl (C=O) groups excluding carboxylic acids is 2. The van der Waals surface area contributed by atoms with Crippen molar-refractivity contribution in [3.05, 3.63) is 80.7 Å². The number of nitrogens with zero attached hydrogens (tertiary/aromatic N) is 1. The van der Waals surface area contributed by atoms with Gasteiger partial charge in [0.1, 0.15) is 11.6 Å². The van der Waals surface area contributed by atoms with Gasteiger partial charge in [-0.1, -0.05) is 43.2 Å². The Morgan fingerprint density at radius 2 is 1.51 bits per heavy atom. The van der Waals surface area contributed by atoms with Gasteiger partial charge in [-0.2, -0.15) is 22.7 Å². The molecule has 0 saturated carbocycles. The third kappa shape index (κ3) is 9.86. The van der Waals surface area contributed by atoms with Crippen LogP contribution in [-0.2, 0) is 29.0 Å². The van der Waals surface area contributed by atoms with Gasteiger partial charge in [0.2, 0.25) is 5.91 Å². The average molecular weight is 513 g/mol. The van der Waals surface area contributed by atoms with Gasteiger partial charge in [-0.25, -0.2) is 4.79 Å². The van der Waals surface area contributed by atoms with Gasteiger partial charge in [0, 0.05) is 13.1 Å². The molecule has 0 aliphatic rings. The third-order valence-corrected chi connectivity index (χ3v) is 6.97. The van der Waals surface area contributed by atoms with E-state index >= 15 is 0 Å². The fourth-order valence-corrected chi connectivity index (χ4v) is 5.16. The van der Waals surface area contributed by atoms with E-state index in [1.54, 1.807) is 22.7 Å². The molecule has 188 valence electrons. The molecule has 3 rings (SSSR count). The Balaban J connectivity index is 1.66. The Kier molecular flexibility index (Phi) is 10.4. The van der Waals surface area contributed by atoms with Gasteiger partial charge in [0.15, 0.2) is 0 Å². The zero-order chi connectivity index (χ0) is 25.1. The quantitative estimate of drug-likeness (QED) is 0.265. The molecule has 7 heteroatoms. The van der Waals surface area contributed by atoms with Crippen molar-refractivity contribution in [2.45, 2.75) is 77.6 Å². The Bertz CT molecular complexity index is 976. The zero-order valence-electron chi connectivity index (χ0n) is 20.9. The van der Waals surface area contributed by atoms with Gasteiger partial charge in [0.05, 0.1) is 0 Å². The molecule has 0 spiro atoms. The van der Waals surface area contributed by atoms with Gasteiger partial charge in [-0.05, 0) is 90.4 Å². The minimum Gasteiger partial charge on any atom is -0.444 e. The highest BCUT2D eigenvalue weighted by atomic mass is 32.1. The van der Waals surface area contributed by atoms with Crippen LogP contribution in [0, 0.1) is 0 Å². The molecule has 1 atom stereocenters. The number of benzene rings is 1. The molecule has 5 nitrogen and oxygen atoms in total. The number of rotatable bonds is 12. The van der Waals surface area contributed by atoms with Crippen molar-refractivity contribution in [1.29, 1.82) is 0 Å². The summed E-state index contributed by atoms with van der Waals surface area (Å²) in [6.07, 6.45) is 3.93. The van der Waals surface area contributed by atoms with Crippen molar-refractivity contribution in [2.75, 3.05) is 0 Å². The molecule has 0 bridgehead atoms. The molecule has 2 heterocycles. The first kappa shape index (κ1) is 27.0. The molecule has 35 heavy (non-hydrogen) atoms. The number of nitrogens with one attached hydrogen (secondary N) is 1. The van der Waals surface area contributed by atoms with Crippen LogP contribution in [0.4, 0.5) is 4.79 Å². The number of aryl methyl sites for hydroxylation is 1. The number of unbranched alkanes of at least 4 members (excludes halogenated alkanes) is 2. The maximum atomic E-state index is 13.7. The summed E-state index contributed by atoms with van der Waals surface area (Å²) in [4.78, 5) is 28.2. The summed E-state index contributed by atoms with van der Waals surface area (Å²) in [5, 5.41) is 11.0. The van der Waals surface area contributed by atoms with Crippen LogP contribution in [0.2, 0.25) is 0 Å². The molecule has 0 aliphatic heterocycles. The highest BCUT2D eigenvalue weighted by Gasteiger charge is 2.28. The first-order chi connectivity index (χ1) is 16.8. The number of ether oxygens (including phenoxy) is 1. The number of amides is 2. The molecule has 0 aliphatic carbocycles. The number of carbonyl (C=O) groups is 2. The van der Waals surface area contributed by atoms with Crippen molar-refractivity contribution < 1.29 is 14.3 Å². The molecule has 0 saturated heterocycles. The second kappa shape index (κ2) is 13.4. The fraction of sp³-hybridized carbons (Fsp3) is 0.429. The molecule has 1 aromatic carbocycles. The van der Waals surface area contributed by atoms with Crippen LogP contribution < -0.4 is 5.32 Å². The topological polar surface area (TPSA) is 58.6 Å². The number of hydrogen-bond acceptors (Lipinski definition) is 5. The van der Waals surface area contributed by atoms with Crippen molar-refractivity contribution in [1.82, 2.24) is 10.2 Å². The number of hydrogen-bond donors (Lipinski definition) is 1. The summed E-state index contributed by atoms with van der Waals surface area (Å²) in [6.45, 7) is 6.50. The van der Waals surface area contributed by atoms with E-state index in [4.69, 9.17) is 4.74 Å². The Morgan fingerprint density at radius 1 is 0.886 bits per heavy atom. The molecule has 3 aromatic rings. The van der Waals surface area contributed by atoms with E-state index < -0.39 is 17.7 Å². The lowest BCUT2D eigenvalue weighted by molar-refractivity contribution is -0.135. The standard InChI is InChI=1S/C28H36N2O3S2/c1-28(2,3)33-27(32)29-25(13-9-5-8-12-22-10-6-4-7-11-22)26(31)30(18-23-14-16-34-20-23)19-24-15-17-35-21-24/h4,6-7,10-11,14-17,20-21,25H,5,8-9,12-13,18-19H2,1-3H3,(H,29,32)/t25-/m0/s1. The van der Waals surface area contributed by atoms with E-state index in [-0.39, 0.29) is 5.91 Å². The van der Waals surface area contributed by atoms with Crippen molar-refractivity contribution in [3.8, 4) is 0 Å². The summed E-state index contributed by atoms with van der Waals surface area (Å²) in [7, 11) is 0. The van der Waals surface area contributed by atoms with E-state index in [0.29, 0.717) is 19.5 Å². The molecule has 0 unspecified atom stereocenters. The largest absolute Gasteiger partial charge is 0.444 e. The second-order valence-corrected chi connectivity index (χ2v) is 11.3. The van der Waals surface area contributed by atoms with E-state index in [0.717, 1.165) is 36.8 Å². The summed E-state index contributed by atoms with van der Waals surface area (Å²) in [5.41, 5.74) is 2.89. The van der Waals surface area contributed by atoms with Gasteiger partial charge >= 0.3 is 6.09 Å². The summed E-state index contributed by atoms with van der Waals surface area (Å²) >= 11 is 3.24. The van der Waals surface area contributed by atoms with Crippen molar-refractivity contribution >= 4 is 34.7 Å². The van der Waals surface area contributed by atoms with Crippen molar-refractivity contribution in [2.24, 2.45) is 0 Å². The third-order valence-electron chi connectivity index (χ3n) is 5.51. The van der Waals surface area contributed by atoms with E-state index in [9.17, 15) is 9.59 Å². The molecule has 0 radical (unpaired) electrons. The van der Waals surface area contributed by atoms with Crippen LogP contribution in [0.1, 0.15) is 63.1 Å². The van der Waals surface area contributed by atoms with Crippen LogP contribution >= 0.6 is 22.7 Å². The highest BCUT2D eigenvalue weighted by molar-refractivity contribution is 7.08. The molecule has 0 fully saturated rings. The predicted octanol–water partition coefficient (Wildman–Crippen LogP) is 7.03. The summed E-state index contributed by atoms with van der Waals surface area (Å²) in [6, 6.07) is 13.9. The fourth-order valence-electron chi connectivity index (χ4n) is 3.84. The summed E-state index contributed by atoms with van der Waals surface area (Å²) < 4.78 is 5.48. The first-order valence-corrected chi connectivity index (χ1v) is 14.0. The lowest BCUT2D eigenvalue weighted by Crippen LogP contribution is -2.49. The van der Waals surface area contributed by atoms with E-state index in [1.807, 2.05) is 54.6 Å². The number of thiophene rings is 2. The highest BCUT2D eigenvalue weighted by Crippen LogP contribution is 2.18. The Morgan fingerprint density at radius 3 is 2.06 bits per heavy atom. The molecule has 1 N–H and O–H groups in total.